The zero-order valence-electron chi connectivity index (χ0n) is 10.1. The summed E-state index contributed by atoms with van der Waals surface area (Å²) in [7, 11) is 0. The van der Waals surface area contributed by atoms with Gasteiger partial charge in [-0.1, -0.05) is 11.6 Å². The first-order valence-electron chi connectivity index (χ1n) is 5.63. The topological polar surface area (TPSA) is 87.3 Å². The largest absolute Gasteiger partial charge is 0.326 e. The van der Waals surface area contributed by atoms with Crippen LogP contribution in [0.4, 0.5) is 10.5 Å². The van der Waals surface area contributed by atoms with E-state index in [9.17, 15) is 14.4 Å². The molecule has 1 aromatic carbocycles. The number of carbonyl (C=O) groups is 3. The predicted octanol–water partition coefficient (Wildman–Crippen LogP) is 1.19. The minimum Gasteiger partial charge on any atom is -0.326 e. The molecule has 4 amide bonds. The number of hydrogen-bond acceptors (Lipinski definition) is 3. The molecule has 1 atom stereocenters. The van der Waals surface area contributed by atoms with Crippen molar-refractivity contribution in [1.29, 1.82) is 0 Å². The van der Waals surface area contributed by atoms with E-state index in [0.29, 0.717) is 10.7 Å². The number of carbonyl (C=O) groups excluding carboxylic acids is 3. The lowest BCUT2D eigenvalue weighted by molar-refractivity contribution is -0.124. The summed E-state index contributed by atoms with van der Waals surface area (Å²) in [5.41, 5.74) is 1.44. The van der Waals surface area contributed by atoms with E-state index < -0.39 is 18.0 Å². The maximum Gasteiger partial charge on any atom is 0.322 e. The molecule has 7 heteroatoms. The fourth-order valence-electron chi connectivity index (χ4n) is 1.76. The molecule has 1 aromatic rings. The van der Waals surface area contributed by atoms with Gasteiger partial charge in [0.1, 0.15) is 6.04 Å². The molecule has 3 N–H and O–H groups in total. The lowest BCUT2D eigenvalue weighted by atomic mass is 10.1. The Bertz CT molecular complexity index is 559. The normalized spacial score (nSPS) is 17.9. The van der Waals surface area contributed by atoms with Crippen LogP contribution in [0, 0.1) is 6.92 Å². The average Bonchev–Trinajstić information content (AvgIpc) is 2.61. The average molecular weight is 282 g/mol. The minimum absolute atomic E-state index is 0.111. The van der Waals surface area contributed by atoms with Crippen molar-refractivity contribution in [2.75, 3.05) is 5.32 Å². The van der Waals surface area contributed by atoms with Gasteiger partial charge < -0.3 is 10.6 Å². The lowest BCUT2D eigenvalue weighted by Gasteiger charge is -2.10. The zero-order chi connectivity index (χ0) is 14.0. The van der Waals surface area contributed by atoms with Crippen molar-refractivity contribution < 1.29 is 14.4 Å². The molecular weight excluding hydrogens is 270 g/mol. The lowest BCUT2D eigenvalue weighted by Crippen LogP contribution is -2.33. The second kappa shape index (κ2) is 5.27. The highest BCUT2D eigenvalue weighted by atomic mass is 35.5. The van der Waals surface area contributed by atoms with E-state index in [2.05, 4.69) is 16.0 Å². The van der Waals surface area contributed by atoms with E-state index in [1.807, 2.05) is 6.92 Å². The Hall–Kier alpha value is -2.08. The number of halogens is 1. The Morgan fingerprint density at radius 1 is 1.42 bits per heavy atom. The van der Waals surface area contributed by atoms with Crippen LogP contribution >= 0.6 is 11.6 Å². The van der Waals surface area contributed by atoms with Gasteiger partial charge in [-0.2, -0.15) is 0 Å². The molecule has 1 heterocycles. The highest BCUT2D eigenvalue weighted by Gasteiger charge is 2.31. The van der Waals surface area contributed by atoms with Gasteiger partial charge in [-0.25, -0.2) is 4.79 Å². The van der Waals surface area contributed by atoms with Crippen LogP contribution in [0.2, 0.25) is 5.02 Å². The summed E-state index contributed by atoms with van der Waals surface area (Å²) in [5, 5.41) is 7.68. The van der Waals surface area contributed by atoms with Crippen LogP contribution in [0.3, 0.4) is 0 Å². The van der Waals surface area contributed by atoms with Crippen LogP contribution in [-0.4, -0.2) is 23.9 Å². The number of rotatable bonds is 3. The number of anilines is 1. The first-order chi connectivity index (χ1) is 8.95. The highest BCUT2D eigenvalue weighted by molar-refractivity contribution is 6.30. The van der Waals surface area contributed by atoms with Crippen molar-refractivity contribution in [3.05, 3.63) is 28.8 Å². The number of nitrogens with one attached hydrogen (secondary N) is 3. The molecule has 19 heavy (non-hydrogen) atoms. The number of amides is 4. The van der Waals surface area contributed by atoms with Gasteiger partial charge >= 0.3 is 6.03 Å². The molecule has 1 unspecified atom stereocenters. The van der Waals surface area contributed by atoms with Crippen molar-refractivity contribution in [2.45, 2.75) is 19.4 Å². The Balaban J connectivity index is 1.98. The standard InChI is InChI=1S/C12H12ClN3O3/c1-6-4-7(13)2-3-8(6)14-10(17)5-9-11(18)16-12(19)15-9/h2-4,9H,5H2,1H3,(H,14,17)(H2,15,16,18,19). The van der Waals surface area contributed by atoms with Crippen LogP contribution in [0.5, 0.6) is 0 Å². The maximum atomic E-state index is 11.8. The number of aryl methyl sites for hydroxylation is 1. The van der Waals surface area contributed by atoms with Crippen molar-refractivity contribution in [3.8, 4) is 0 Å². The summed E-state index contributed by atoms with van der Waals surface area (Å²) in [6.07, 6.45) is -0.111. The fraction of sp³-hybridized carbons (Fsp3) is 0.250. The second-order valence-corrected chi connectivity index (χ2v) is 4.66. The van der Waals surface area contributed by atoms with E-state index in [1.165, 1.54) is 0 Å². The predicted molar refractivity (Wildman–Crippen MR) is 69.9 cm³/mol. The maximum absolute atomic E-state index is 11.8. The third-order valence-electron chi connectivity index (χ3n) is 2.71. The van der Waals surface area contributed by atoms with Crippen LogP contribution < -0.4 is 16.0 Å². The van der Waals surface area contributed by atoms with Crippen molar-refractivity contribution in [1.82, 2.24) is 10.6 Å². The molecule has 2 rings (SSSR count). The molecule has 1 aliphatic rings. The van der Waals surface area contributed by atoms with Gasteiger partial charge in [0.15, 0.2) is 0 Å². The van der Waals surface area contributed by atoms with E-state index in [1.54, 1.807) is 18.2 Å². The molecule has 100 valence electrons. The Morgan fingerprint density at radius 2 is 2.16 bits per heavy atom. The van der Waals surface area contributed by atoms with Gasteiger partial charge in [0.05, 0.1) is 6.42 Å². The number of urea groups is 1. The van der Waals surface area contributed by atoms with Crippen LogP contribution in [0.15, 0.2) is 18.2 Å². The quantitative estimate of drug-likeness (QED) is 0.727. The smallest absolute Gasteiger partial charge is 0.322 e. The number of benzene rings is 1. The molecule has 1 fully saturated rings. The molecule has 1 aliphatic heterocycles. The Labute approximate surface area is 114 Å². The van der Waals surface area contributed by atoms with Gasteiger partial charge in [-0.3, -0.25) is 14.9 Å². The summed E-state index contributed by atoms with van der Waals surface area (Å²) < 4.78 is 0. The SMILES string of the molecule is Cc1cc(Cl)ccc1NC(=O)CC1NC(=O)NC1=O. The van der Waals surface area contributed by atoms with Crippen LogP contribution in [0.1, 0.15) is 12.0 Å². The molecule has 0 aromatic heterocycles. The highest BCUT2D eigenvalue weighted by Crippen LogP contribution is 2.19. The van der Waals surface area contributed by atoms with Crippen molar-refractivity contribution in [2.24, 2.45) is 0 Å². The van der Waals surface area contributed by atoms with Gasteiger partial charge in [0, 0.05) is 10.7 Å². The first-order valence-corrected chi connectivity index (χ1v) is 6.01. The zero-order valence-corrected chi connectivity index (χ0v) is 10.9. The van der Waals surface area contributed by atoms with Gasteiger partial charge in [-0.15, -0.1) is 0 Å². The summed E-state index contributed by atoms with van der Waals surface area (Å²) in [5.74, 6) is -0.847. The van der Waals surface area contributed by atoms with Crippen LogP contribution in [0.25, 0.3) is 0 Å². The van der Waals surface area contributed by atoms with E-state index in [-0.39, 0.29) is 12.3 Å². The Kier molecular flexibility index (Phi) is 3.71. The first kappa shape index (κ1) is 13.4. The molecule has 0 aliphatic carbocycles. The molecule has 0 radical (unpaired) electrons. The molecule has 0 saturated carbocycles. The summed E-state index contributed by atoms with van der Waals surface area (Å²) in [6.45, 7) is 1.81. The van der Waals surface area contributed by atoms with Gasteiger partial charge in [0.2, 0.25) is 5.91 Å². The van der Waals surface area contributed by atoms with Crippen LogP contribution in [-0.2, 0) is 9.59 Å². The van der Waals surface area contributed by atoms with Gasteiger partial charge in [-0.05, 0) is 30.7 Å². The molecule has 1 saturated heterocycles. The van der Waals surface area contributed by atoms with Crippen molar-refractivity contribution >= 4 is 35.1 Å². The molecule has 0 spiro atoms. The summed E-state index contributed by atoms with van der Waals surface area (Å²) >= 11 is 5.81. The van der Waals surface area contributed by atoms with Crippen molar-refractivity contribution in [3.63, 3.8) is 0 Å². The molecular formula is C12H12ClN3O3. The molecule has 0 bridgehead atoms. The van der Waals surface area contributed by atoms with E-state index in [0.717, 1.165) is 5.56 Å². The Morgan fingerprint density at radius 3 is 2.74 bits per heavy atom. The summed E-state index contributed by atoms with van der Waals surface area (Å²) in [6, 6.07) is 3.67. The minimum atomic E-state index is -0.819. The third-order valence-corrected chi connectivity index (χ3v) is 2.95. The van der Waals surface area contributed by atoms with E-state index >= 15 is 0 Å². The summed E-state index contributed by atoms with van der Waals surface area (Å²) in [4.78, 5) is 34.0. The number of hydrogen-bond donors (Lipinski definition) is 3. The molecule has 6 nitrogen and oxygen atoms in total. The fourth-order valence-corrected chi connectivity index (χ4v) is 1.98. The third kappa shape index (κ3) is 3.23. The van der Waals surface area contributed by atoms with E-state index in [4.69, 9.17) is 11.6 Å². The number of imide groups is 1. The second-order valence-electron chi connectivity index (χ2n) is 4.23. The monoisotopic (exact) mass is 281 g/mol. The van der Waals surface area contributed by atoms with Gasteiger partial charge in [0.25, 0.3) is 5.91 Å².